The molecule has 2 fully saturated rings. The van der Waals surface area contributed by atoms with Gasteiger partial charge in [0.2, 0.25) is 15.9 Å². The van der Waals surface area contributed by atoms with Crippen LogP contribution >= 0.6 is 0 Å². The highest BCUT2D eigenvalue weighted by Crippen LogP contribution is 2.49. The average molecular weight is 431 g/mol. The van der Waals surface area contributed by atoms with E-state index in [4.69, 9.17) is 0 Å². The van der Waals surface area contributed by atoms with E-state index >= 15 is 0 Å². The topological polar surface area (TPSA) is 75.3 Å². The highest BCUT2D eigenvalue weighted by molar-refractivity contribution is 7.89. The third kappa shape index (κ3) is 4.73. The fraction of sp³-hybridized carbons (Fsp3) is 0.435. The van der Waals surface area contributed by atoms with Crippen molar-refractivity contribution in [1.29, 1.82) is 0 Å². The lowest BCUT2D eigenvalue weighted by molar-refractivity contribution is -0.115. The van der Waals surface area contributed by atoms with E-state index in [1.165, 1.54) is 43.5 Å². The zero-order chi connectivity index (χ0) is 21.3. The summed E-state index contributed by atoms with van der Waals surface area (Å²) in [5.41, 5.74) is 1.07. The summed E-state index contributed by atoms with van der Waals surface area (Å²) in [5, 5.41) is 2.72. The van der Waals surface area contributed by atoms with Gasteiger partial charge in [-0.3, -0.25) is 4.79 Å². The van der Waals surface area contributed by atoms with Crippen molar-refractivity contribution in [2.45, 2.75) is 50.0 Å². The van der Waals surface area contributed by atoms with Crippen molar-refractivity contribution in [3.63, 3.8) is 0 Å². The van der Waals surface area contributed by atoms with Gasteiger partial charge in [0, 0.05) is 11.7 Å². The SMILES string of the molecule is CC(NS(=O)(=O)c1ccc(NC(=O)Cc2cccc(F)c2)cc1)C1CC2CCC1C2. The van der Waals surface area contributed by atoms with Gasteiger partial charge in [-0.25, -0.2) is 17.5 Å². The first-order valence-electron chi connectivity index (χ1n) is 10.5. The Balaban J connectivity index is 1.35. The van der Waals surface area contributed by atoms with Crippen molar-refractivity contribution < 1.29 is 17.6 Å². The predicted molar refractivity (Wildman–Crippen MR) is 114 cm³/mol. The summed E-state index contributed by atoms with van der Waals surface area (Å²) < 4.78 is 41.6. The molecule has 2 saturated carbocycles. The van der Waals surface area contributed by atoms with Crippen LogP contribution in [-0.2, 0) is 21.2 Å². The van der Waals surface area contributed by atoms with Crippen LogP contribution < -0.4 is 10.0 Å². The molecule has 5 nitrogen and oxygen atoms in total. The Morgan fingerprint density at radius 3 is 2.53 bits per heavy atom. The first-order chi connectivity index (χ1) is 14.3. The van der Waals surface area contributed by atoms with Crippen molar-refractivity contribution in [3.05, 3.63) is 59.9 Å². The summed E-state index contributed by atoms with van der Waals surface area (Å²) in [5.74, 6) is 1.15. The van der Waals surface area contributed by atoms with E-state index in [2.05, 4.69) is 10.0 Å². The van der Waals surface area contributed by atoms with Crippen LogP contribution in [0.4, 0.5) is 10.1 Å². The van der Waals surface area contributed by atoms with Crippen LogP contribution in [0.2, 0.25) is 0 Å². The lowest BCUT2D eigenvalue weighted by Gasteiger charge is -2.28. The summed E-state index contributed by atoms with van der Waals surface area (Å²) in [6.07, 6.45) is 4.89. The molecular weight excluding hydrogens is 403 g/mol. The van der Waals surface area contributed by atoms with Crippen molar-refractivity contribution in [1.82, 2.24) is 4.72 Å². The number of benzene rings is 2. The number of nitrogens with one attached hydrogen (secondary N) is 2. The fourth-order valence-corrected chi connectivity index (χ4v) is 6.36. The lowest BCUT2D eigenvalue weighted by atomic mass is 9.84. The standard InChI is InChI=1S/C23H27FN2O3S/c1-15(22-13-17-5-6-18(22)11-17)26-30(28,29)21-9-7-20(8-10-21)25-23(27)14-16-3-2-4-19(24)12-16/h2-4,7-10,12,15,17-18,22,26H,5-6,11,13-14H2,1H3,(H,25,27). The average Bonchev–Trinajstić information content (AvgIpc) is 3.31. The number of halogens is 1. The number of rotatable bonds is 7. The van der Waals surface area contributed by atoms with E-state index in [1.807, 2.05) is 6.92 Å². The summed E-state index contributed by atoms with van der Waals surface area (Å²) in [6.45, 7) is 1.96. The third-order valence-electron chi connectivity index (χ3n) is 6.48. The minimum absolute atomic E-state index is 0.0421. The number of anilines is 1. The Hall–Kier alpha value is -2.25. The molecule has 0 heterocycles. The number of carbonyl (C=O) groups excluding carboxylic acids is 1. The normalized spacial score (nSPS) is 24.0. The van der Waals surface area contributed by atoms with Crippen molar-refractivity contribution >= 4 is 21.6 Å². The van der Waals surface area contributed by atoms with Gasteiger partial charge in [0.05, 0.1) is 11.3 Å². The number of hydrogen-bond acceptors (Lipinski definition) is 3. The molecule has 0 spiro atoms. The zero-order valence-corrected chi connectivity index (χ0v) is 17.8. The first-order valence-corrected chi connectivity index (χ1v) is 11.9. The quantitative estimate of drug-likeness (QED) is 0.694. The van der Waals surface area contributed by atoms with Gasteiger partial charge < -0.3 is 5.32 Å². The first kappa shape index (κ1) is 21.0. The smallest absolute Gasteiger partial charge is 0.240 e. The predicted octanol–water partition coefficient (Wildman–Crippen LogP) is 4.11. The van der Waals surface area contributed by atoms with Crippen molar-refractivity contribution in [2.75, 3.05) is 5.32 Å². The molecule has 7 heteroatoms. The molecule has 4 atom stereocenters. The van der Waals surface area contributed by atoms with Gasteiger partial charge in [0.25, 0.3) is 0 Å². The van der Waals surface area contributed by atoms with E-state index in [0.29, 0.717) is 23.1 Å². The van der Waals surface area contributed by atoms with Crippen molar-refractivity contribution in [2.24, 2.45) is 17.8 Å². The van der Waals surface area contributed by atoms with Gasteiger partial charge in [0.1, 0.15) is 5.82 Å². The van der Waals surface area contributed by atoms with Gasteiger partial charge in [-0.2, -0.15) is 0 Å². The molecule has 4 rings (SSSR count). The second kappa shape index (κ2) is 8.47. The minimum Gasteiger partial charge on any atom is -0.326 e. The minimum atomic E-state index is -3.62. The molecule has 4 unspecified atom stereocenters. The number of carbonyl (C=O) groups is 1. The third-order valence-corrected chi connectivity index (χ3v) is 8.05. The molecule has 0 aliphatic heterocycles. The Labute approximate surface area is 177 Å². The van der Waals surface area contributed by atoms with Crippen LogP contribution in [-0.4, -0.2) is 20.4 Å². The Morgan fingerprint density at radius 2 is 1.90 bits per heavy atom. The number of sulfonamides is 1. The molecule has 0 radical (unpaired) electrons. The number of amides is 1. The largest absolute Gasteiger partial charge is 0.326 e. The highest BCUT2D eigenvalue weighted by Gasteiger charge is 2.42. The monoisotopic (exact) mass is 430 g/mol. The van der Waals surface area contributed by atoms with Crippen LogP contribution in [0, 0.1) is 23.6 Å². The molecule has 1 amide bonds. The van der Waals surface area contributed by atoms with Gasteiger partial charge >= 0.3 is 0 Å². The molecule has 2 aromatic carbocycles. The van der Waals surface area contributed by atoms with Gasteiger partial charge in [0.15, 0.2) is 0 Å². The highest BCUT2D eigenvalue weighted by atomic mass is 32.2. The molecule has 2 bridgehead atoms. The number of fused-ring (bicyclic) bond motifs is 2. The van der Waals surface area contributed by atoms with E-state index in [0.717, 1.165) is 12.3 Å². The summed E-state index contributed by atoms with van der Waals surface area (Å²) >= 11 is 0. The summed E-state index contributed by atoms with van der Waals surface area (Å²) in [7, 11) is -3.62. The van der Waals surface area contributed by atoms with Crippen LogP contribution in [0.5, 0.6) is 0 Å². The van der Waals surface area contributed by atoms with Gasteiger partial charge in [-0.15, -0.1) is 0 Å². The van der Waals surface area contributed by atoms with Crippen LogP contribution in [0.25, 0.3) is 0 Å². The van der Waals surface area contributed by atoms with Gasteiger partial charge in [-0.1, -0.05) is 18.6 Å². The van der Waals surface area contributed by atoms with Crippen LogP contribution in [0.15, 0.2) is 53.4 Å². The lowest BCUT2D eigenvalue weighted by Crippen LogP contribution is -2.40. The van der Waals surface area contributed by atoms with E-state index in [-0.39, 0.29) is 29.1 Å². The van der Waals surface area contributed by atoms with E-state index in [9.17, 15) is 17.6 Å². The van der Waals surface area contributed by atoms with Crippen molar-refractivity contribution in [3.8, 4) is 0 Å². The van der Waals surface area contributed by atoms with E-state index in [1.54, 1.807) is 24.3 Å². The zero-order valence-electron chi connectivity index (χ0n) is 17.0. The molecule has 0 saturated heterocycles. The Morgan fingerprint density at radius 1 is 1.13 bits per heavy atom. The summed E-state index contributed by atoms with van der Waals surface area (Å²) in [6, 6.07) is 11.9. The molecule has 2 aliphatic rings. The maximum absolute atomic E-state index is 13.2. The van der Waals surface area contributed by atoms with Crippen LogP contribution in [0.3, 0.4) is 0 Å². The molecule has 160 valence electrons. The summed E-state index contributed by atoms with van der Waals surface area (Å²) in [4.78, 5) is 12.3. The Kier molecular flexibility index (Phi) is 5.93. The maximum atomic E-state index is 13.2. The maximum Gasteiger partial charge on any atom is 0.240 e. The second-order valence-electron chi connectivity index (χ2n) is 8.63. The molecule has 30 heavy (non-hydrogen) atoms. The molecule has 2 N–H and O–H groups in total. The van der Waals surface area contributed by atoms with Crippen LogP contribution in [0.1, 0.15) is 38.2 Å². The molecular formula is C23H27FN2O3S. The van der Waals surface area contributed by atoms with E-state index < -0.39 is 10.0 Å². The molecule has 0 aromatic heterocycles. The molecule has 2 aliphatic carbocycles. The molecule has 2 aromatic rings. The fourth-order valence-electron chi connectivity index (χ4n) is 5.06. The number of hydrogen-bond donors (Lipinski definition) is 2. The Bertz CT molecular complexity index is 1020. The van der Waals surface area contributed by atoms with Gasteiger partial charge in [-0.05, 0) is 85.9 Å². The second-order valence-corrected chi connectivity index (χ2v) is 10.3.